The Morgan fingerprint density at radius 2 is 1.92 bits per heavy atom. The lowest BCUT2D eigenvalue weighted by atomic mass is 10.1. The van der Waals surface area contributed by atoms with Crippen molar-refractivity contribution in [2.24, 2.45) is 0 Å². The fourth-order valence-corrected chi connectivity index (χ4v) is 4.14. The van der Waals surface area contributed by atoms with E-state index in [2.05, 4.69) is 15.2 Å². The van der Waals surface area contributed by atoms with Crippen molar-refractivity contribution in [1.82, 2.24) is 14.5 Å². The van der Waals surface area contributed by atoms with E-state index in [0.717, 1.165) is 29.5 Å². The molecule has 6 nitrogen and oxygen atoms in total. The van der Waals surface area contributed by atoms with Gasteiger partial charge in [-0.25, -0.2) is 0 Å². The first-order valence-corrected chi connectivity index (χ1v) is 9.09. The number of aromatic nitrogens is 2. The highest BCUT2D eigenvalue weighted by Gasteiger charge is 2.28. The van der Waals surface area contributed by atoms with Crippen molar-refractivity contribution in [3.8, 4) is 11.4 Å². The molecule has 2 heterocycles. The molecule has 1 aromatic carbocycles. The van der Waals surface area contributed by atoms with Crippen LogP contribution in [0.25, 0.3) is 5.69 Å². The number of rotatable bonds is 3. The van der Waals surface area contributed by atoms with Gasteiger partial charge in [-0.1, -0.05) is 12.8 Å². The van der Waals surface area contributed by atoms with Crippen LogP contribution in [0, 0.1) is 4.77 Å². The summed E-state index contributed by atoms with van der Waals surface area (Å²) in [6.07, 6.45) is 4.99. The zero-order chi connectivity index (χ0) is 17.4. The van der Waals surface area contributed by atoms with Crippen molar-refractivity contribution in [3.05, 3.63) is 45.0 Å². The molecule has 1 aliphatic heterocycles. The van der Waals surface area contributed by atoms with E-state index in [-0.39, 0.29) is 5.56 Å². The smallest absolute Gasteiger partial charge is 0.258 e. The van der Waals surface area contributed by atoms with Crippen molar-refractivity contribution in [2.75, 3.05) is 19.1 Å². The molecular weight excluding hydrogens is 336 g/mol. The maximum Gasteiger partial charge on any atom is 0.258 e. The minimum Gasteiger partial charge on any atom is -0.497 e. The molecule has 2 aliphatic rings. The lowest BCUT2D eigenvalue weighted by molar-refractivity contribution is 0.195. The van der Waals surface area contributed by atoms with E-state index in [1.54, 1.807) is 7.11 Å². The van der Waals surface area contributed by atoms with E-state index in [0.29, 0.717) is 17.4 Å². The van der Waals surface area contributed by atoms with Gasteiger partial charge in [0, 0.05) is 12.6 Å². The number of fused-ring (bicyclic) bond motifs is 1. The van der Waals surface area contributed by atoms with Crippen LogP contribution < -0.4 is 15.6 Å². The van der Waals surface area contributed by atoms with Crippen LogP contribution in [-0.4, -0.2) is 34.3 Å². The maximum absolute atomic E-state index is 12.5. The minimum absolute atomic E-state index is 0.0973. The molecule has 0 bridgehead atoms. The standard InChI is InChI=1S/C18H22N4O2S/c1-24-14-8-6-13(7-9-14)22-16-15(17(23)20-18(22)25)10-21(11-19-16)12-4-2-3-5-12/h6-9,12,19H,2-5,10-11H2,1H3,(H,20,23,25). The van der Waals surface area contributed by atoms with Gasteiger partial charge in [-0.15, -0.1) is 0 Å². The number of H-pyrrole nitrogens is 1. The van der Waals surface area contributed by atoms with Crippen LogP contribution in [0.4, 0.5) is 5.82 Å². The third-order valence-corrected chi connectivity index (χ3v) is 5.47. The van der Waals surface area contributed by atoms with Crippen LogP contribution in [0.15, 0.2) is 29.1 Å². The molecule has 1 saturated carbocycles. The molecule has 25 heavy (non-hydrogen) atoms. The first kappa shape index (κ1) is 16.4. The van der Waals surface area contributed by atoms with Crippen LogP contribution in [0.5, 0.6) is 5.75 Å². The monoisotopic (exact) mass is 358 g/mol. The van der Waals surface area contributed by atoms with Crippen LogP contribution in [-0.2, 0) is 6.54 Å². The highest BCUT2D eigenvalue weighted by atomic mass is 32.1. The molecule has 0 spiro atoms. The average molecular weight is 358 g/mol. The van der Waals surface area contributed by atoms with Gasteiger partial charge in [0.2, 0.25) is 0 Å². The molecule has 0 unspecified atom stereocenters. The van der Waals surface area contributed by atoms with Gasteiger partial charge in [0.05, 0.1) is 25.0 Å². The summed E-state index contributed by atoms with van der Waals surface area (Å²) < 4.78 is 7.52. The van der Waals surface area contributed by atoms with Gasteiger partial charge in [0.25, 0.3) is 5.56 Å². The number of anilines is 1. The van der Waals surface area contributed by atoms with E-state index in [1.807, 2.05) is 28.8 Å². The molecule has 132 valence electrons. The van der Waals surface area contributed by atoms with Gasteiger partial charge in [0.1, 0.15) is 11.6 Å². The van der Waals surface area contributed by atoms with Gasteiger partial charge >= 0.3 is 0 Å². The highest BCUT2D eigenvalue weighted by molar-refractivity contribution is 7.71. The van der Waals surface area contributed by atoms with E-state index in [1.165, 1.54) is 25.7 Å². The van der Waals surface area contributed by atoms with Crippen LogP contribution in [0.2, 0.25) is 0 Å². The molecule has 2 N–H and O–H groups in total. The molecule has 4 rings (SSSR count). The summed E-state index contributed by atoms with van der Waals surface area (Å²) in [4.78, 5) is 17.7. The Hall–Kier alpha value is -2.12. The fourth-order valence-electron chi connectivity index (χ4n) is 3.85. The Morgan fingerprint density at radius 1 is 1.20 bits per heavy atom. The van der Waals surface area contributed by atoms with Crippen molar-refractivity contribution < 1.29 is 4.74 Å². The predicted octanol–water partition coefficient (Wildman–Crippen LogP) is 3.03. The molecule has 1 fully saturated rings. The second kappa shape index (κ2) is 6.65. The quantitative estimate of drug-likeness (QED) is 0.826. The Labute approximate surface area is 151 Å². The Bertz CT molecular complexity index is 881. The number of methoxy groups -OCH3 is 1. The predicted molar refractivity (Wildman–Crippen MR) is 100 cm³/mol. The number of nitrogens with zero attached hydrogens (tertiary/aromatic N) is 2. The molecule has 0 radical (unpaired) electrons. The molecule has 0 amide bonds. The van der Waals surface area contributed by atoms with Gasteiger partial charge in [-0.2, -0.15) is 0 Å². The highest BCUT2D eigenvalue weighted by Crippen LogP contribution is 2.29. The van der Waals surface area contributed by atoms with Crippen molar-refractivity contribution >= 4 is 18.0 Å². The van der Waals surface area contributed by atoms with E-state index >= 15 is 0 Å². The zero-order valence-electron chi connectivity index (χ0n) is 14.2. The minimum atomic E-state index is -0.0973. The number of hydrogen-bond acceptors (Lipinski definition) is 5. The number of nitrogens with one attached hydrogen (secondary N) is 2. The molecule has 1 aliphatic carbocycles. The average Bonchev–Trinajstić information content (AvgIpc) is 3.17. The summed E-state index contributed by atoms with van der Waals surface area (Å²) in [5.41, 5.74) is 1.56. The van der Waals surface area contributed by atoms with Crippen LogP contribution in [0.3, 0.4) is 0 Å². The molecule has 2 aromatic rings. The topological polar surface area (TPSA) is 62.3 Å². The van der Waals surface area contributed by atoms with Gasteiger partial charge in [-0.3, -0.25) is 19.2 Å². The second-order valence-electron chi connectivity index (χ2n) is 6.64. The van der Waals surface area contributed by atoms with E-state index < -0.39 is 0 Å². The van der Waals surface area contributed by atoms with E-state index in [9.17, 15) is 4.79 Å². The molecule has 7 heteroatoms. The number of ether oxygens (including phenoxy) is 1. The third-order valence-electron chi connectivity index (χ3n) is 5.19. The van der Waals surface area contributed by atoms with Gasteiger partial charge in [0.15, 0.2) is 4.77 Å². The Balaban J connectivity index is 1.75. The summed E-state index contributed by atoms with van der Waals surface area (Å²) in [6, 6.07) is 8.23. The third kappa shape index (κ3) is 2.98. The molecule has 0 atom stereocenters. The second-order valence-corrected chi connectivity index (χ2v) is 7.03. The Kier molecular flexibility index (Phi) is 4.35. The summed E-state index contributed by atoms with van der Waals surface area (Å²) >= 11 is 5.43. The summed E-state index contributed by atoms with van der Waals surface area (Å²) in [5, 5.41) is 3.44. The lowest BCUT2D eigenvalue weighted by Gasteiger charge is -2.35. The molecule has 1 aromatic heterocycles. The first-order chi connectivity index (χ1) is 12.2. The first-order valence-electron chi connectivity index (χ1n) is 8.68. The summed E-state index contributed by atoms with van der Waals surface area (Å²) in [5.74, 6) is 1.59. The van der Waals surface area contributed by atoms with Gasteiger partial charge < -0.3 is 10.1 Å². The van der Waals surface area contributed by atoms with Crippen molar-refractivity contribution in [1.29, 1.82) is 0 Å². The fraction of sp³-hybridized carbons (Fsp3) is 0.444. The number of benzene rings is 1. The SMILES string of the molecule is COc1ccc(-n2c3c(c(=O)[nH]c2=S)CN(C2CCCC2)CN3)cc1. The maximum atomic E-state index is 12.5. The largest absolute Gasteiger partial charge is 0.497 e. The van der Waals surface area contributed by atoms with E-state index in [4.69, 9.17) is 17.0 Å². The normalized spacial score (nSPS) is 18.0. The number of aromatic amines is 1. The van der Waals surface area contributed by atoms with Gasteiger partial charge in [-0.05, 0) is 49.3 Å². The molecular formula is C18H22N4O2S. The lowest BCUT2D eigenvalue weighted by Crippen LogP contribution is -2.43. The van der Waals surface area contributed by atoms with Crippen molar-refractivity contribution in [3.63, 3.8) is 0 Å². The van der Waals surface area contributed by atoms with Crippen molar-refractivity contribution in [2.45, 2.75) is 38.3 Å². The van der Waals surface area contributed by atoms with Crippen LogP contribution >= 0.6 is 12.2 Å². The number of hydrogen-bond donors (Lipinski definition) is 2. The Morgan fingerprint density at radius 3 is 2.60 bits per heavy atom. The summed E-state index contributed by atoms with van der Waals surface area (Å²) in [6.45, 7) is 1.40. The van der Waals surface area contributed by atoms with Crippen LogP contribution in [0.1, 0.15) is 31.2 Å². The molecule has 0 saturated heterocycles. The zero-order valence-corrected chi connectivity index (χ0v) is 15.1. The summed E-state index contributed by atoms with van der Waals surface area (Å²) in [7, 11) is 1.64.